The van der Waals surface area contributed by atoms with Crippen LogP contribution in [0.15, 0.2) is 36.4 Å². The van der Waals surface area contributed by atoms with Crippen LogP contribution in [0.1, 0.15) is 78.8 Å². The van der Waals surface area contributed by atoms with Gasteiger partial charge in [-0.1, -0.05) is 37.5 Å². The number of rotatable bonds is 6. The number of carboxylic acid groups (broad SMARTS) is 1. The summed E-state index contributed by atoms with van der Waals surface area (Å²) in [5.74, 6) is -0.302. The van der Waals surface area contributed by atoms with E-state index < -0.39 is 5.97 Å². The number of anilines is 1. The SMILES string of the molecule is Cc1ccc2c(c1)N(CCCN1CCCC1)CCn1c-2c(C2CCCCC2)c2ccc(C(=O)O)cc21. The third kappa shape index (κ3) is 4.32. The van der Waals surface area contributed by atoms with E-state index in [-0.39, 0.29) is 0 Å². The van der Waals surface area contributed by atoms with Crippen LogP contribution in [0.3, 0.4) is 0 Å². The van der Waals surface area contributed by atoms with E-state index in [9.17, 15) is 9.90 Å². The van der Waals surface area contributed by atoms with Crippen LogP contribution in [-0.2, 0) is 6.54 Å². The van der Waals surface area contributed by atoms with Gasteiger partial charge in [-0.15, -0.1) is 0 Å². The van der Waals surface area contributed by atoms with Gasteiger partial charge in [-0.05, 0) is 93.9 Å². The molecule has 2 aromatic carbocycles. The molecule has 5 heteroatoms. The molecule has 6 rings (SSSR count). The number of hydrogen-bond acceptors (Lipinski definition) is 3. The van der Waals surface area contributed by atoms with Crippen LogP contribution in [0.5, 0.6) is 0 Å². The number of aryl methyl sites for hydroxylation is 1. The lowest BCUT2D eigenvalue weighted by molar-refractivity contribution is 0.0697. The Labute approximate surface area is 214 Å². The van der Waals surface area contributed by atoms with Gasteiger partial charge in [0.05, 0.1) is 11.3 Å². The zero-order valence-corrected chi connectivity index (χ0v) is 21.6. The fraction of sp³-hybridized carbons (Fsp3) is 0.516. The lowest BCUT2D eigenvalue weighted by atomic mass is 9.81. The van der Waals surface area contributed by atoms with Gasteiger partial charge in [-0.3, -0.25) is 0 Å². The van der Waals surface area contributed by atoms with Crippen molar-refractivity contribution in [1.82, 2.24) is 9.47 Å². The minimum absolute atomic E-state index is 0.383. The summed E-state index contributed by atoms with van der Waals surface area (Å²) in [5.41, 5.74) is 8.27. The molecular formula is C31H39N3O2. The van der Waals surface area contributed by atoms with Gasteiger partial charge in [-0.25, -0.2) is 4.79 Å². The molecule has 0 atom stereocenters. The van der Waals surface area contributed by atoms with Crippen molar-refractivity contribution < 1.29 is 9.90 Å². The minimum Gasteiger partial charge on any atom is -0.478 e. The summed E-state index contributed by atoms with van der Waals surface area (Å²) in [4.78, 5) is 17.1. The molecule has 1 aliphatic carbocycles. The summed E-state index contributed by atoms with van der Waals surface area (Å²) in [6.07, 6.45) is 10.2. The van der Waals surface area contributed by atoms with Gasteiger partial charge in [0.2, 0.25) is 0 Å². The molecule has 0 amide bonds. The molecule has 1 saturated heterocycles. The van der Waals surface area contributed by atoms with E-state index in [1.165, 1.54) is 104 Å². The zero-order valence-electron chi connectivity index (χ0n) is 21.6. The van der Waals surface area contributed by atoms with E-state index in [4.69, 9.17) is 0 Å². The van der Waals surface area contributed by atoms with Crippen molar-refractivity contribution in [2.45, 2.75) is 70.8 Å². The highest BCUT2D eigenvalue weighted by molar-refractivity contribution is 5.99. The topological polar surface area (TPSA) is 48.7 Å². The average molecular weight is 486 g/mol. The van der Waals surface area contributed by atoms with Gasteiger partial charge < -0.3 is 19.5 Å². The summed E-state index contributed by atoms with van der Waals surface area (Å²) in [6.45, 7) is 8.79. The van der Waals surface area contributed by atoms with Gasteiger partial charge in [-0.2, -0.15) is 0 Å². The molecule has 0 radical (unpaired) electrons. The second-order valence-corrected chi connectivity index (χ2v) is 11.2. The van der Waals surface area contributed by atoms with Gasteiger partial charge in [0.15, 0.2) is 0 Å². The van der Waals surface area contributed by atoms with Gasteiger partial charge >= 0.3 is 5.97 Å². The highest BCUT2D eigenvalue weighted by atomic mass is 16.4. The van der Waals surface area contributed by atoms with Crippen molar-refractivity contribution in [2.75, 3.05) is 37.6 Å². The quantitative estimate of drug-likeness (QED) is 0.424. The largest absolute Gasteiger partial charge is 0.478 e. The maximum absolute atomic E-state index is 11.9. The highest BCUT2D eigenvalue weighted by Gasteiger charge is 2.30. The Bertz CT molecular complexity index is 1260. The Kier molecular flexibility index (Phi) is 6.51. The Balaban J connectivity index is 1.46. The molecule has 2 fully saturated rings. The number of benzene rings is 2. The molecule has 0 bridgehead atoms. The lowest BCUT2D eigenvalue weighted by Gasteiger charge is -2.27. The Morgan fingerprint density at radius 1 is 0.917 bits per heavy atom. The normalized spacial score (nSPS) is 18.9. The summed E-state index contributed by atoms with van der Waals surface area (Å²) < 4.78 is 2.46. The van der Waals surface area contributed by atoms with Gasteiger partial charge in [0.1, 0.15) is 0 Å². The summed E-state index contributed by atoms with van der Waals surface area (Å²) >= 11 is 0. The summed E-state index contributed by atoms with van der Waals surface area (Å²) in [5, 5.41) is 11.0. The predicted octanol–water partition coefficient (Wildman–Crippen LogP) is 6.67. The monoisotopic (exact) mass is 485 g/mol. The minimum atomic E-state index is -0.847. The number of likely N-dealkylation sites (tertiary alicyclic amines) is 1. The molecule has 0 spiro atoms. The van der Waals surface area contributed by atoms with Crippen LogP contribution in [0.2, 0.25) is 0 Å². The number of carbonyl (C=O) groups is 1. The zero-order chi connectivity index (χ0) is 24.6. The molecule has 3 heterocycles. The van der Waals surface area contributed by atoms with E-state index in [0.29, 0.717) is 11.5 Å². The number of hydrogen-bond donors (Lipinski definition) is 1. The lowest BCUT2D eigenvalue weighted by Crippen LogP contribution is -2.30. The standard InChI is InChI=1S/C31H39N3O2/c1-22-10-12-26-27(20-22)33(17-7-16-32-14-5-6-15-32)18-19-34-28-21-24(31(35)36)11-13-25(28)29(30(26)34)23-8-3-2-4-9-23/h10-13,20-21,23H,2-9,14-19H2,1H3,(H,35,36). The highest BCUT2D eigenvalue weighted by Crippen LogP contribution is 2.47. The Hall–Kier alpha value is -2.79. The number of fused-ring (bicyclic) bond motifs is 5. The average Bonchev–Trinajstić information content (AvgIpc) is 3.48. The van der Waals surface area contributed by atoms with Crippen LogP contribution < -0.4 is 4.90 Å². The summed E-state index contributed by atoms with van der Waals surface area (Å²) in [7, 11) is 0. The van der Waals surface area contributed by atoms with Crippen molar-refractivity contribution >= 4 is 22.6 Å². The molecule has 36 heavy (non-hydrogen) atoms. The van der Waals surface area contributed by atoms with Crippen LogP contribution in [0.25, 0.3) is 22.2 Å². The first-order chi connectivity index (χ1) is 17.6. The number of nitrogens with zero attached hydrogens (tertiary/aromatic N) is 3. The third-order valence-corrected chi connectivity index (χ3v) is 8.81. The fourth-order valence-corrected chi connectivity index (χ4v) is 7.00. The van der Waals surface area contributed by atoms with Crippen molar-refractivity contribution in [3.8, 4) is 11.3 Å². The van der Waals surface area contributed by atoms with E-state index in [1.807, 2.05) is 6.07 Å². The molecule has 1 aromatic heterocycles. The maximum atomic E-state index is 11.9. The van der Waals surface area contributed by atoms with E-state index in [0.717, 1.165) is 25.2 Å². The molecule has 0 unspecified atom stereocenters. The Morgan fingerprint density at radius 3 is 2.50 bits per heavy atom. The van der Waals surface area contributed by atoms with Crippen LogP contribution in [0.4, 0.5) is 5.69 Å². The van der Waals surface area contributed by atoms with Crippen molar-refractivity contribution in [3.05, 3.63) is 53.1 Å². The molecule has 5 nitrogen and oxygen atoms in total. The first-order valence-electron chi connectivity index (χ1n) is 14.1. The predicted molar refractivity (Wildman–Crippen MR) is 147 cm³/mol. The molecule has 3 aliphatic rings. The molecular weight excluding hydrogens is 446 g/mol. The van der Waals surface area contributed by atoms with Crippen molar-refractivity contribution in [3.63, 3.8) is 0 Å². The number of aromatic carboxylic acids is 1. The number of aromatic nitrogens is 1. The van der Waals surface area contributed by atoms with Crippen LogP contribution in [-0.4, -0.2) is 53.3 Å². The maximum Gasteiger partial charge on any atom is 0.335 e. The molecule has 2 aliphatic heterocycles. The van der Waals surface area contributed by atoms with Gasteiger partial charge in [0, 0.05) is 41.8 Å². The molecule has 3 aromatic rings. The molecule has 1 saturated carbocycles. The summed E-state index contributed by atoms with van der Waals surface area (Å²) in [6, 6.07) is 12.8. The van der Waals surface area contributed by atoms with E-state index in [1.54, 1.807) is 6.07 Å². The molecule has 190 valence electrons. The van der Waals surface area contributed by atoms with Crippen molar-refractivity contribution in [1.29, 1.82) is 0 Å². The van der Waals surface area contributed by atoms with E-state index >= 15 is 0 Å². The number of carboxylic acids is 1. The van der Waals surface area contributed by atoms with Gasteiger partial charge in [0.25, 0.3) is 0 Å². The second kappa shape index (κ2) is 9.93. The van der Waals surface area contributed by atoms with Crippen LogP contribution >= 0.6 is 0 Å². The molecule has 1 N–H and O–H groups in total. The van der Waals surface area contributed by atoms with Crippen molar-refractivity contribution in [2.24, 2.45) is 0 Å². The Morgan fingerprint density at radius 2 is 1.72 bits per heavy atom. The second-order valence-electron chi connectivity index (χ2n) is 11.2. The van der Waals surface area contributed by atoms with E-state index in [2.05, 4.69) is 45.6 Å². The van der Waals surface area contributed by atoms with Crippen LogP contribution in [0, 0.1) is 6.92 Å². The first kappa shape index (κ1) is 23.6. The smallest absolute Gasteiger partial charge is 0.335 e. The fourth-order valence-electron chi connectivity index (χ4n) is 7.00. The first-order valence-corrected chi connectivity index (χ1v) is 14.1. The third-order valence-electron chi connectivity index (χ3n) is 8.81.